The maximum atomic E-state index is 13.5. The number of methoxy groups -OCH3 is 1. The van der Waals surface area contributed by atoms with E-state index in [1.165, 1.54) is 0 Å². The Morgan fingerprint density at radius 1 is 1.08 bits per heavy atom. The molecule has 1 aliphatic rings. The molecule has 0 aliphatic carbocycles. The second kappa shape index (κ2) is 12.4. The van der Waals surface area contributed by atoms with Crippen LogP contribution in [-0.4, -0.2) is 49.1 Å². The fourth-order valence-corrected chi connectivity index (χ4v) is 4.86. The number of anilines is 1. The summed E-state index contributed by atoms with van der Waals surface area (Å²) >= 11 is 8.44. The molecule has 2 atom stereocenters. The molecule has 192 valence electrons. The average Bonchev–Trinajstić information content (AvgIpc) is 3.19. The van der Waals surface area contributed by atoms with Gasteiger partial charge in [0.25, 0.3) is 5.91 Å². The molecule has 8 nitrogen and oxygen atoms in total. The Labute approximate surface area is 233 Å². The first-order chi connectivity index (χ1) is 17.9. The molecule has 0 spiro atoms. The Hall–Kier alpha value is -3.15. The van der Waals surface area contributed by atoms with Crippen molar-refractivity contribution in [2.24, 2.45) is 0 Å². The van der Waals surface area contributed by atoms with E-state index in [-0.39, 0.29) is 6.42 Å². The van der Waals surface area contributed by atoms with E-state index in [4.69, 9.17) is 21.1 Å². The van der Waals surface area contributed by atoms with E-state index in [2.05, 4.69) is 33.2 Å². The second-order valence-corrected chi connectivity index (χ2v) is 9.97. The number of nitrogens with one attached hydrogen (secondary N) is 2. The third kappa shape index (κ3) is 6.60. The number of rotatable bonds is 10. The first kappa shape index (κ1) is 26.9. The molecular weight excluding hydrogens is 609 g/mol. The standard InChI is InChI=1S/C27H25ClIN3O5/c1-36-13-14-37-20-10-7-18(8-11-20)24-26(34)32(27(35)31-24)23(15-17-5-3-2-4-6-17)25(33)30-22-12-9-19(29)16-21(22)28/h2-12,16,23-24H,13-15H2,1H3,(H,30,33)(H,31,35)/t23-,24+/m0/s1. The van der Waals surface area contributed by atoms with Crippen molar-refractivity contribution in [2.45, 2.75) is 18.5 Å². The van der Waals surface area contributed by atoms with Gasteiger partial charge in [-0.05, 0) is 64.0 Å². The van der Waals surface area contributed by atoms with Gasteiger partial charge in [0, 0.05) is 17.1 Å². The van der Waals surface area contributed by atoms with Gasteiger partial charge in [-0.3, -0.25) is 9.59 Å². The highest BCUT2D eigenvalue weighted by Crippen LogP contribution is 2.28. The van der Waals surface area contributed by atoms with Gasteiger partial charge in [0.2, 0.25) is 5.91 Å². The highest BCUT2D eigenvalue weighted by Gasteiger charge is 2.45. The van der Waals surface area contributed by atoms with Crippen molar-refractivity contribution >= 4 is 57.7 Å². The SMILES string of the molecule is COCCOc1ccc([C@H]2NC(=O)N([C@@H](Cc3ccccc3)C(=O)Nc3ccc(I)cc3Cl)C2=O)cc1. The van der Waals surface area contributed by atoms with Crippen molar-refractivity contribution in [1.82, 2.24) is 10.2 Å². The van der Waals surface area contributed by atoms with Crippen molar-refractivity contribution in [3.63, 3.8) is 0 Å². The molecule has 10 heteroatoms. The normalized spacial score (nSPS) is 15.9. The van der Waals surface area contributed by atoms with Crippen molar-refractivity contribution in [1.29, 1.82) is 0 Å². The van der Waals surface area contributed by atoms with Gasteiger partial charge in [-0.15, -0.1) is 0 Å². The lowest BCUT2D eigenvalue weighted by atomic mass is 10.0. The largest absolute Gasteiger partial charge is 0.491 e. The molecule has 0 aromatic heterocycles. The lowest BCUT2D eigenvalue weighted by molar-refractivity contribution is -0.134. The van der Waals surface area contributed by atoms with Crippen LogP contribution in [0.15, 0.2) is 72.8 Å². The molecule has 2 N–H and O–H groups in total. The number of hydrogen-bond donors (Lipinski definition) is 2. The fraction of sp³-hybridized carbons (Fsp3) is 0.222. The van der Waals surface area contributed by atoms with Crippen LogP contribution in [0.2, 0.25) is 5.02 Å². The lowest BCUT2D eigenvalue weighted by Gasteiger charge is -2.25. The molecule has 0 saturated carbocycles. The number of carbonyl (C=O) groups is 3. The Bertz CT molecular complexity index is 1270. The number of ether oxygens (including phenoxy) is 2. The number of amides is 4. The molecule has 4 amide bonds. The summed E-state index contributed by atoms with van der Waals surface area (Å²) in [4.78, 5) is 41.0. The van der Waals surface area contributed by atoms with Crippen LogP contribution in [-0.2, 0) is 20.7 Å². The molecule has 3 aromatic carbocycles. The van der Waals surface area contributed by atoms with Gasteiger partial charge < -0.3 is 20.1 Å². The number of imide groups is 1. The lowest BCUT2D eigenvalue weighted by Crippen LogP contribution is -2.49. The Morgan fingerprint density at radius 2 is 1.81 bits per heavy atom. The zero-order chi connectivity index (χ0) is 26.4. The van der Waals surface area contributed by atoms with Crippen LogP contribution in [0.3, 0.4) is 0 Å². The van der Waals surface area contributed by atoms with Gasteiger partial charge in [-0.25, -0.2) is 9.69 Å². The third-order valence-corrected chi connectivity index (χ3v) is 6.80. The smallest absolute Gasteiger partial charge is 0.325 e. The van der Waals surface area contributed by atoms with Crippen LogP contribution in [0.4, 0.5) is 10.5 Å². The maximum absolute atomic E-state index is 13.5. The number of nitrogens with zero attached hydrogens (tertiary/aromatic N) is 1. The van der Waals surface area contributed by atoms with E-state index in [0.717, 1.165) is 14.0 Å². The van der Waals surface area contributed by atoms with Crippen LogP contribution < -0.4 is 15.4 Å². The molecule has 4 rings (SSSR count). The van der Waals surface area contributed by atoms with Gasteiger partial charge >= 0.3 is 6.03 Å². The van der Waals surface area contributed by atoms with Gasteiger partial charge in [0.15, 0.2) is 0 Å². The van der Waals surface area contributed by atoms with E-state index < -0.39 is 29.9 Å². The van der Waals surface area contributed by atoms with Crippen molar-refractivity contribution in [3.05, 3.63) is 92.5 Å². The monoisotopic (exact) mass is 633 g/mol. The molecule has 0 unspecified atom stereocenters. The highest BCUT2D eigenvalue weighted by atomic mass is 127. The number of hydrogen-bond acceptors (Lipinski definition) is 5. The minimum absolute atomic E-state index is 0.146. The molecule has 1 saturated heterocycles. The molecular formula is C27H25ClIN3O5. The Kier molecular flexibility index (Phi) is 9.01. The topological polar surface area (TPSA) is 97.0 Å². The maximum Gasteiger partial charge on any atom is 0.325 e. The predicted molar refractivity (Wildman–Crippen MR) is 149 cm³/mol. The van der Waals surface area contributed by atoms with E-state index >= 15 is 0 Å². The molecule has 1 fully saturated rings. The number of halogens is 2. The summed E-state index contributed by atoms with van der Waals surface area (Å²) in [7, 11) is 1.59. The van der Waals surface area contributed by atoms with E-state index in [1.54, 1.807) is 49.6 Å². The second-order valence-electron chi connectivity index (χ2n) is 8.32. The van der Waals surface area contributed by atoms with Gasteiger partial charge in [-0.2, -0.15) is 0 Å². The minimum atomic E-state index is -1.09. The Morgan fingerprint density at radius 3 is 2.49 bits per heavy atom. The number of benzene rings is 3. The first-order valence-electron chi connectivity index (χ1n) is 11.5. The predicted octanol–water partition coefficient (Wildman–Crippen LogP) is 4.81. The Balaban J connectivity index is 1.57. The van der Waals surface area contributed by atoms with Crippen molar-refractivity contribution in [2.75, 3.05) is 25.6 Å². The molecule has 1 aliphatic heterocycles. The quantitative estimate of drug-likeness (QED) is 0.190. The molecule has 0 radical (unpaired) electrons. The minimum Gasteiger partial charge on any atom is -0.491 e. The first-order valence-corrected chi connectivity index (χ1v) is 13.0. The highest BCUT2D eigenvalue weighted by molar-refractivity contribution is 14.1. The van der Waals surface area contributed by atoms with E-state index in [9.17, 15) is 14.4 Å². The molecule has 0 bridgehead atoms. The van der Waals surface area contributed by atoms with Crippen LogP contribution in [0.25, 0.3) is 0 Å². The number of carbonyl (C=O) groups excluding carboxylic acids is 3. The summed E-state index contributed by atoms with van der Waals surface area (Å²) < 4.78 is 11.5. The van der Waals surface area contributed by atoms with Crippen LogP contribution in [0, 0.1) is 3.57 Å². The zero-order valence-corrected chi connectivity index (χ0v) is 22.9. The summed E-state index contributed by atoms with van der Waals surface area (Å²) in [5, 5.41) is 5.87. The van der Waals surface area contributed by atoms with Gasteiger partial charge in [-0.1, -0.05) is 54.1 Å². The summed E-state index contributed by atoms with van der Waals surface area (Å²) in [6.07, 6.45) is 0.146. The van der Waals surface area contributed by atoms with Gasteiger partial charge in [0.05, 0.1) is 17.3 Å². The third-order valence-electron chi connectivity index (χ3n) is 5.82. The van der Waals surface area contributed by atoms with Crippen LogP contribution in [0.5, 0.6) is 5.75 Å². The average molecular weight is 634 g/mol. The van der Waals surface area contributed by atoms with Gasteiger partial charge in [0.1, 0.15) is 24.4 Å². The molecule has 37 heavy (non-hydrogen) atoms. The summed E-state index contributed by atoms with van der Waals surface area (Å²) in [6, 6.07) is 18.7. The number of urea groups is 1. The summed E-state index contributed by atoms with van der Waals surface area (Å²) in [5.41, 5.74) is 1.79. The van der Waals surface area contributed by atoms with Crippen molar-refractivity contribution < 1.29 is 23.9 Å². The summed E-state index contributed by atoms with van der Waals surface area (Å²) in [6.45, 7) is 0.843. The van der Waals surface area contributed by atoms with E-state index in [1.807, 2.05) is 30.3 Å². The molecule has 1 heterocycles. The van der Waals surface area contributed by atoms with Crippen molar-refractivity contribution in [3.8, 4) is 5.75 Å². The summed E-state index contributed by atoms with van der Waals surface area (Å²) in [5.74, 6) is -0.411. The zero-order valence-electron chi connectivity index (χ0n) is 19.9. The van der Waals surface area contributed by atoms with Crippen LogP contribution >= 0.6 is 34.2 Å². The van der Waals surface area contributed by atoms with E-state index in [0.29, 0.717) is 35.2 Å². The van der Waals surface area contributed by atoms with Crippen LogP contribution in [0.1, 0.15) is 17.2 Å². The fourth-order valence-electron chi connectivity index (χ4n) is 3.96. The molecule has 3 aromatic rings.